The Kier molecular flexibility index (Phi) is 3.81. The fourth-order valence-electron chi connectivity index (χ4n) is 1.55. The van der Waals surface area contributed by atoms with Gasteiger partial charge in [-0.15, -0.1) is 5.10 Å². The van der Waals surface area contributed by atoms with Gasteiger partial charge in [0.05, 0.1) is 0 Å². The number of nitrogens with zero attached hydrogens (tertiary/aromatic N) is 2. The van der Waals surface area contributed by atoms with Crippen molar-refractivity contribution in [3.05, 3.63) is 46.6 Å². The number of benzene rings is 1. The third-order valence-electron chi connectivity index (χ3n) is 2.44. The third-order valence-corrected chi connectivity index (χ3v) is 2.80. The van der Waals surface area contributed by atoms with Crippen LogP contribution in [-0.4, -0.2) is 9.78 Å². The lowest BCUT2D eigenvalue weighted by atomic mass is 10.1. The Morgan fingerprint density at radius 1 is 1.39 bits per heavy atom. The number of rotatable bonds is 4. The summed E-state index contributed by atoms with van der Waals surface area (Å²) < 4.78 is 32.5. The van der Waals surface area contributed by atoms with E-state index in [4.69, 9.17) is 16.3 Å². The highest BCUT2D eigenvalue weighted by Crippen LogP contribution is 2.29. The molecule has 0 amide bonds. The summed E-state index contributed by atoms with van der Waals surface area (Å²) in [6.45, 7) is -0.0314. The minimum atomic E-state index is -2.58. The van der Waals surface area contributed by atoms with E-state index in [1.165, 1.54) is 12.1 Å². The lowest BCUT2D eigenvalue weighted by molar-refractivity contribution is 0.147. The molecule has 6 heteroatoms. The summed E-state index contributed by atoms with van der Waals surface area (Å²) in [7, 11) is 1.74. The maximum atomic E-state index is 12.8. The monoisotopic (exact) mass is 272 g/mol. The molecule has 0 unspecified atom stereocenters. The molecule has 0 aliphatic heterocycles. The Bertz CT molecular complexity index is 543. The highest BCUT2D eigenvalue weighted by atomic mass is 35.5. The molecule has 1 aromatic carbocycles. The number of ether oxygens (including phenoxy) is 1. The van der Waals surface area contributed by atoms with Crippen molar-refractivity contribution in [2.75, 3.05) is 0 Å². The first-order chi connectivity index (χ1) is 8.58. The lowest BCUT2D eigenvalue weighted by Gasteiger charge is -2.10. The largest absolute Gasteiger partial charge is 0.472 e. The number of hydrogen-bond donors (Lipinski definition) is 0. The summed E-state index contributed by atoms with van der Waals surface area (Å²) in [4.78, 5) is 0. The molecule has 2 rings (SSSR count). The molecule has 2 aromatic rings. The van der Waals surface area contributed by atoms with Crippen LogP contribution >= 0.6 is 11.6 Å². The van der Waals surface area contributed by atoms with E-state index >= 15 is 0 Å². The van der Waals surface area contributed by atoms with E-state index in [0.29, 0.717) is 11.4 Å². The van der Waals surface area contributed by atoms with Crippen molar-refractivity contribution in [1.82, 2.24) is 9.78 Å². The van der Waals surface area contributed by atoms with Crippen LogP contribution in [0.25, 0.3) is 0 Å². The third kappa shape index (κ3) is 2.79. The Hall–Kier alpha value is -1.62. The summed E-state index contributed by atoms with van der Waals surface area (Å²) in [6, 6.07) is 6.05. The summed E-state index contributed by atoms with van der Waals surface area (Å²) in [5.41, 5.74) is 0.179. The van der Waals surface area contributed by atoms with E-state index in [1.54, 1.807) is 30.1 Å². The van der Waals surface area contributed by atoms with Gasteiger partial charge in [0.2, 0.25) is 5.88 Å². The molecule has 0 fully saturated rings. The first kappa shape index (κ1) is 12.8. The van der Waals surface area contributed by atoms with Gasteiger partial charge in [-0.2, -0.15) is 0 Å². The van der Waals surface area contributed by atoms with Crippen LogP contribution in [0.5, 0.6) is 5.88 Å². The number of aromatic nitrogens is 2. The average Bonchev–Trinajstić information content (AvgIpc) is 2.73. The SMILES string of the molecule is Cn1ccc(OCc2c(Cl)cccc2C(F)F)n1. The van der Waals surface area contributed by atoms with Gasteiger partial charge in [-0.25, -0.2) is 8.78 Å². The van der Waals surface area contributed by atoms with Gasteiger partial charge < -0.3 is 4.74 Å². The van der Waals surface area contributed by atoms with Crippen molar-refractivity contribution < 1.29 is 13.5 Å². The molecule has 1 aromatic heterocycles. The summed E-state index contributed by atoms with van der Waals surface area (Å²) in [5.74, 6) is 0.373. The van der Waals surface area contributed by atoms with Crippen molar-refractivity contribution in [1.29, 1.82) is 0 Å². The van der Waals surface area contributed by atoms with Gasteiger partial charge in [0.25, 0.3) is 6.43 Å². The molecule has 1 heterocycles. The molecule has 0 N–H and O–H groups in total. The van der Waals surface area contributed by atoms with E-state index in [-0.39, 0.29) is 17.2 Å². The van der Waals surface area contributed by atoms with Crippen molar-refractivity contribution in [2.45, 2.75) is 13.0 Å². The molecule has 0 aliphatic carbocycles. The summed E-state index contributed by atoms with van der Waals surface area (Å²) in [5, 5.41) is 4.26. The van der Waals surface area contributed by atoms with Crippen molar-refractivity contribution in [2.24, 2.45) is 7.05 Å². The summed E-state index contributed by atoms with van der Waals surface area (Å²) in [6.07, 6.45) is -0.873. The maximum Gasteiger partial charge on any atom is 0.264 e. The van der Waals surface area contributed by atoms with Gasteiger partial charge in [-0.3, -0.25) is 4.68 Å². The van der Waals surface area contributed by atoms with Gasteiger partial charge in [-0.1, -0.05) is 23.7 Å². The Morgan fingerprint density at radius 2 is 2.17 bits per heavy atom. The quantitative estimate of drug-likeness (QED) is 0.850. The first-order valence-corrected chi connectivity index (χ1v) is 5.63. The first-order valence-electron chi connectivity index (χ1n) is 5.26. The van der Waals surface area contributed by atoms with Crippen LogP contribution in [0.15, 0.2) is 30.5 Å². The maximum absolute atomic E-state index is 12.8. The van der Waals surface area contributed by atoms with Crippen molar-refractivity contribution >= 4 is 11.6 Å². The molecule has 0 spiro atoms. The molecule has 0 atom stereocenters. The van der Waals surface area contributed by atoms with E-state index in [2.05, 4.69) is 5.10 Å². The van der Waals surface area contributed by atoms with Crippen LogP contribution in [0.2, 0.25) is 5.02 Å². The second-order valence-electron chi connectivity index (χ2n) is 3.72. The summed E-state index contributed by atoms with van der Waals surface area (Å²) >= 11 is 5.91. The lowest BCUT2D eigenvalue weighted by Crippen LogP contribution is -2.02. The number of alkyl halides is 2. The fourth-order valence-corrected chi connectivity index (χ4v) is 1.79. The van der Waals surface area contributed by atoms with Gasteiger partial charge in [-0.05, 0) is 6.07 Å². The predicted molar refractivity (Wildman–Crippen MR) is 63.9 cm³/mol. The zero-order chi connectivity index (χ0) is 13.1. The van der Waals surface area contributed by atoms with Crippen LogP contribution in [0.3, 0.4) is 0 Å². The Morgan fingerprint density at radius 3 is 2.78 bits per heavy atom. The van der Waals surface area contributed by atoms with Crippen molar-refractivity contribution in [3.8, 4) is 5.88 Å². The molecule has 96 valence electrons. The predicted octanol–water partition coefficient (Wildman–Crippen LogP) is 3.59. The van der Waals surface area contributed by atoms with Crippen LogP contribution in [0.1, 0.15) is 17.6 Å². The molecular weight excluding hydrogens is 262 g/mol. The minimum Gasteiger partial charge on any atom is -0.472 e. The number of halogens is 3. The standard InChI is InChI=1S/C12H11ClF2N2O/c1-17-6-5-11(16-17)18-7-9-8(12(14)15)3-2-4-10(9)13/h2-6,12H,7H2,1H3. The second-order valence-corrected chi connectivity index (χ2v) is 4.13. The molecule has 0 saturated heterocycles. The smallest absolute Gasteiger partial charge is 0.264 e. The molecule has 0 bridgehead atoms. The normalized spacial score (nSPS) is 10.9. The Balaban J connectivity index is 2.18. The van der Waals surface area contributed by atoms with Crippen molar-refractivity contribution in [3.63, 3.8) is 0 Å². The van der Waals surface area contributed by atoms with E-state index < -0.39 is 6.43 Å². The highest BCUT2D eigenvalue weighted by molar-refractivity contribution is 6.31. The molecule has 0 saturated carbocycles. The van der Waals surface area contributed by atoms with Gasteiger partial charge in [0.1, 0.15) is 6.61 Å². The Labute approximate surface area is 108 Å². The van der Waals surface area contributed by atoms with Gasteiger partial charge in [0, 0.05) is 35.5 Å². The average molecular weight is 273 g/mol. The molecule has 3 nitrogen and oxygen atoms in total. The molecule has 0 radical (unpaired) electrons. The van der Waals surface area contributed by atoms with E-state index in [9.17, 15) is 8.78 Å². The minimum absolute atomic E-state index is 0.0314. The van der Waals surface area contributed by atoms with Gasteiger partial charge >= 0.3 is 0 Å². The van der Waals surface area contributed by atoms with Crippen LogP contribution in [0.4, 0.5) is 8.78 Å². The zero-order valence-electron chi connectivity index (χ0n) is 9.61. The zero-order valence-corrected chi connectivity index (χ0v) is 10.4. The van der Waals surface area contributed by atoms with Crippen LogP contribution in [0, 0.1) is 0 Å². The van der Waals surface area contributed by atoms with E-state index in [0.717, 1.165) is 0 Å². The topological polar surface area (TPSA) is 27.1 Å². The fraction of sp³-hybridized carbons (Fsp3) is 0.250. The van der Waals surface area contributed by atoms with Crippen LogP contribution < -0.4 is 4.74 Å². The van der Waals surface area contributed by atoms with Gasteiger partial charge in [0.15, 0.2) is 0 Å². The molecule has 18 heavy (non-hydrogen) atoms. The number of aryl methyl sites for hydroxylation is 1. The molecular formula is C12H11ClF2N2O. The number of hydrogen-bond acceptors (Lipinski definition) is 2. The second kappa shape index (κ2) is 5.35. The van der Waals surface area contributed by atoms with E-state index in [1.807, 2.05) is 0 Å². The highest BCUT2D eigenvalue weighted by Gasteiger charge is 2.16. The molecule has 0 aliphatic rings. The van der Waals surface area contributed by atoms with Crippen LogP contribution in [-0.2, 0) is 13.7 Å².